The van der Waals surface area contributed by atoms with Crippen molar-refractivity contribution in [1.82, 2.24) is 9.78 Å². The molecule has 5 nitrogen and oxygen atoms in total. The Morgan fingerprint density at radius 2 is 1.84 bits per heavy atom. The van der Waals surface area contributed by atoms with Crippen LogP contribution in [0.5, 0.6) is 5.75 Å². The number of nitrogens with zero attached hydrogens (tertiary/aromatic N) is 2. The van der Waals surface area contributed by atoms with Crippen molar-refractivity contribution in [3.8, 4) is 5.75 Å². The molecule has 1 aliphatic carbocycles. The molecule has 1 N–H and O–H groups in total. The summed E-state index contributed by atoms with van der Waals surface area (Å²) < 4.78 is 74.6. The van der Waals surface area contributed by atoms with Crippen molar-refractivity contribution in [3.05, 3.63) is 77.0 Å². The quantitative estimate of drug-likeness (QED) is 0.498. The van der Waals surface area contributed by atoms with Gasteiger partial charge in [-0.2, -0.15) is 18.3 Å². The van der Waals surface area contributed by atoms with Gasteiger partial charge in [-0.1, -0.05) is 6.07 Å². The molecule has 0 spiro atoms. The molecule has 0 radical (unpaired) electrons. The van der Waals surface area contributed by atoms with E-state index in [1.165, 1.54) is 29.1 Å². The number of alkyl halides is 3. The number of benzene rings is 2. The molecule has 0 atom stereocenters. The Balaban J connectivity index is 1.51. The predicted octanol–water partition coefficient (Wildman–Crippen LogP) is 5.27. The molecule has 4 rings (SSSR count). The van der Waals surface area contributed by atoms with Crippen LogP contribution in [-0.2, 0) is 12.7 Å². The van der Waals surface area contributed by atoms with E-state index in [1.54, 1.807) is 0 Å². The number of hydrogen-bond donors (Lipinski definition) is 1. The standard InChI is InChI=1S/C22H18F5N3O2/c23-17-2-1-3-18(24)20(17)21(31)28-19-8-9-30(29-19)11-14-10-15(32-12-13-4-5-13)6-7-16(14)22(25,26)27/h1-3,6-10,13H,4-5,11-12H2,(H,28,29,31). The Morgan fingerprint density at radius 1 is 1.12 bits per heavy atom. The third-order valence-corrected chi connectivity index (χ3v) is 4.97. The lowest BCUT2D eigenvalue weighted by Gasteiger charge is -2.15. The van der Waals surface area contributed by atoms with Gasteiger partial charge >= 0.3 is 6.18 Å². The molecule has 3 aromatic rings. The van der Waals surface area contributed by atoms with Crippen LogP contribution in [0.15, 0.2) is 48.7 Å². The lowest BCUT2D eigenvalue weighted by atomic mass is 10.1. The number of ether oxygens (including phenoxy) is 1. The fraction of sp³-hybridized carbons (Fsp3) is 0.273. The van der Waals surface area contributed by atoms with E-state index in [0.717, 1.165) is 37.1 Å². The summed E-state index contributed by atoms with van der Waals surface area (Å²) in [7, 11) is 0. The molecule has 0 saturated heterocycles. The zero-order valence-electron chi connectivity index (χ0n) is 16.6. The molecule has 1 amide bonds. The van der Waals surface area contributed by atoms with Crippen LogP contribution in [0, 0.1) is 17.6 Å². The van der Waals surface area contributed by atoms with Gasteiger partial charge in [0.1, 0.15) is 22.9 Å². The summed E-state index contributed by atoms with van der Waals surface area (Å²) in [5.41, 5.74) is -1.67. The Kier molecular flexibility index (Phi) is 5.86. The van der Waals surface area contributed by atoms with Crippen molar-refractivity contribution in [2.24, 2.45) is 5.92 Å². The monoisotopic (exact) mass is 451 g/mol. The van der Waals surface area contributed by atoms with Crippen LogP contribution in [-0.4, -0.2) is 22.3 Å². The highest BCUT2D eigenvalue weighted by atomic mass is 19.4. The largest absolute Gasteiger partial charge is 0.493 e. The van der Waals surface area contributed by atoms with E-state index in [-0.39, 0.29) is 17.9 Å². The van der Waals surface area contributed by atoms with Crippen LogP contribution < -0.4 is 10.1 Å². The minimum atomic E-state index is -4.57. The zero-order chi connectivity index (χ0) is 22.9. The topological polar surface area (TPSA) is 56.2 Å². The first-order valence-corrected chi connectivity index (χ1v) is 9.82. The SMILES string of the molecule is O=C(Nc1ccn(Cc2cc(OCC3CC3)ccc2C(F)(F)F)n1)c1c(F)cccc1F. The molecule has 1 saturated carbocycles. The van der Waals surface area contributed by atoms with Gasteiger partial charge < -0.3 is 10.1 Å². The summed E-state index contributed by atoms with van der Waals surface area (Å²) in [6.07, 6.45) is -1.12. The number of nitrogens with one attached hydrogen (secondary N) is 1. The van der Waals surface area contributed by atoms with Crippen LogP contribution in [0.3, 0.4) is 0 Å². The van der Waals surface area contributed by atoms with Crippen molar-refractivity contribution >= 4 is 11.7 Å². The molecule has 1 fully saturated rings. The smallest absolute Gasteiger partial charge is 0.416 e. The summed E-state index contributed by atoms with van der Waals surface area (Å²) in [6, 6.07) is 7.88. The van der Waals surface area contributed by atoms with Crippen molar-refractivity contribution in [2.45, 2.75) is 25.6 Å². The highest BCUT2D eigenvalue weighted by Crippen LogP contribution is 2.35. The second-order valence-electron chi connectivity index (χ2n) is 7.52. The van der Waals surface area contributed by atoms with E-state index in [0.29, 0.717) is 18.3 Å². The van der Waals surface area contributed by atoms with Gasteiger partial charge in [-0.15, -0.1) is 0 Å². The average Bonchev–Trinajstić information content (AvgIpc) is 3.45. The Morgan fingerprint density at radius 3 is 2.50 bits per heavy atom. The van der Waals surface area contributed by atoms with Crippen molar-refractivity contribution in [1.29, 1.82) is 0 Å². The molecule has 1 aromatic heterocycles. The van der Waals surface area contributed by atoms with Crippen molar-refractivity contribution in [2.75, 3.05) is 11.9 Å². The fourth-order valence-electron chi connectivity index (χ4n) is 3.15. The maximum Gasteiger partial charge on any atom is 0.416 e. The minimum Gasteiger partial charge on any atom is -0.493 e. The van der Waals surface area contributed by atoms with Gasteiger partial charge in [0.05, 0.1) is 18.7 Å². The van der Waals surface area contributed by atoms with Gasteiger partial charge in [-0.25, -0.2) is 8.78 Å². The average molecular weight is 451 g/mol. The lowest BCUT2D eigenvalue weighted by molar-refractivity contribution is -0.138. The molecule has 10 heteroatoms. The van der Waals surface area contributed by atoms with Gasteiger partial charge in [0.25, 0.3) is 5.91 Å². The molecule has 0 aliphatic heterocycles. The van der Waals surface area contributed by atoms with Crippen LogP contribution in [0.4, 0.5) is 27.8 Å². The lowest BCUT2D eigenvalue weighted by Crippen LogP contribution is -2.17. The maximum atomic E-state index is 13.8. The van der Waals surface area contributed by atoms with Gasteiger partial charge in [0.15, 0.2) is 5.82 Å². The molecular formula is C22H18F5N3O2. The number of anilines is 1. The van der Waals surface area contributed by atoms with E-state index >= 15 is 0 Å². The first-order valence-electron chi connectivity index (χ1n) is 9.82. The number of hydrogen-bond acceptors (Lipinski definition) is 3. The Labute approximate surface area is 179 Å². The van der Waals surface area contributed by atoms with Gasteiger partial charge in [-0.3, -0.25) is 9.48 Å². The fourth-order valence-corrected chi connectivity index (χ4v) is 3.15. The highest BCUT2D eigenvalue weighted by molar-refractivity contribution is 6.04. The third kappa shape index (κ3) is 5.06. The molecule has 1 aliphatic rings. The Bertz CT molecular complexity index is 1120. The van der Waals surface area contributed by atoms with Gasteiger partial charge in [0.2, 0.25) is 0 Å². The molecule has 2 aromatic carbocycles. The first kappa shape index (κ1) is 21.8. The predicted molar refractivity (Wildman–Crippen MR) is 105 cm³/mol. The number of amides is 1. The van der Waals surface area contributed by atoms with E-state index in [2.05, 4.69) is 10.4 Å². The zero-order valence-corrected chi connectivity index (χ0v) is 16.6. The summed E-state index contributed by atoms with van der Waals surface area (Å²) in [5, 5.41) is 6.24. The van der Waals surface area contributed by atoms with Crippen molar-refractivity contribution in [3.63, 3.8) is 0 Å². The second-order valence-corrected chi connectivity index (χ2v) is 7.52. The first-order chi connectivity index (χ1) is 15.2. The Hall–Kier alpha value is -3.43. The van der Waals surface area contributed by atoms with Crippen LogP contribution >= 0.6 is 0 Å². The normalized spacial score (nSPS) is 13.8. The number of halogens is 5. The summed E-state index contributed by atoms with van der Waals surface area (Å²) in [6.45, 7) is 0.203. The molecule has 32 heavy (non-hydrogen) atoms. The number of aromatic nitrogens is 2. The van der Waals surface area contributed by atoms with Gasteiger partial charge in [-0.05, 0) is 54.7 Å². The molecule has 168 valence electrons. The van der Waals surface area contributed by atoms with Crippen LogP contribution in [0.25, 0.3) is 0 Å². The molecule has 0 unspecified atom stereocenters. The molecule has 1 heterocycles. The van der Waals surface area contributed by atoms with E-state index in [1.807, 2.05) is 0 Å². The van der Waals surface area contributed by atoms with E-state index in [9.17, 15) is 26.7 Å². The van der Waals surface area contributed by atoms with E-state index < -0.39 is 34.8 Å². The summed E-state index contributed by atoms with van der Waals surface area (Å²) in [4.78, 5) is 12.2. The van der Waals surface area contributed by atoms with Gasteiger partial charge in [0, 0.05) is 12.3 Å². The van der Waals surface area contributed by atoms with Crippen LogP contribution in [0.2, 0.25) is 0 Å². The third-order valence-electron chi connectivity index (χ3n) is 4.97. The maximum absolute atomic E-state index is 13.8. The molecule has 0 bridgehead atoms. The van der Waals surface area contributed by atoms with Crippen molar-refractivity contribution < 1.29 is 31.5 Å². The minimum absolute atomic E-state index is 0.0626. The van der Waals surface area contributed by atoms with E-state index in [4.69, 9.17) is 4.74 Å². The summed E-state index contributed by atoms with van der Waals surface area (Å²) >= 11 is 0. The highest BCUT2D eigenvalue weighted by Gasteiger charge is 2.33. The molecular weight excluding hydrogens is 433 g/mol. The van der Waals surface area contributed by atoms with Crippen LogP contribution in [0.1, 0.15) is 34.3 Å². The number of rotatable bonds is 7. The summed E-state index contributed by atoms with van der Waals surface area (Å²) in [5.74, 6) is -2.43. The second kappa shape index (κ2) is 8.60. The number of carbonyl (C=O) groups is 1. The number of carbonyl (C=O) groups excluding carboxylic acids is 1.